The third-order valence-corrected chi connectivity index (χ3v) is 3.50. The maximum absolute atomic E-state index is 13.0. The van der Waals surface area contributed by atoms with Crippen LogP contribution in [0.25, 0.3) is 0 Å². The predicted molar refractivity (Wildman–Crippen MR) is 85.8 cm³/mol. The lowest BCUT2D eigenvalue weighted by Gasteiger charge is -2.24. The Balaban J connectivity index is 2.06. The molecule has 0 aliphatic carbocycles. The second kappa shape index (κ2) is 7.52. The van der Waals surface area contributed by atoms with Crippen molar-refractivity contribution in [3.05, 3.63) is 71.0 Å². The van der Waals surface area contributed by atoms with E-state index in [0.717, 1.165) is 11.1 Å². The van der Waals surface area contributed by atoms with Crippen LogP contribution in [-0.2, 0) is 11.3 Å². The number of nitriles is 1. The average molecular weight is 311 g/mol. The van der Waals surface area contributed by atoms with Crippen molar-refractivity contribution < 1.29 is 9.18 Å². The molecule has 23 heavy (non-hydrogen) atoms. The number of carbonyl (C=O) groups excluding carboxylic acids is 1. The van der Waals surface area contributed by atoms with Crippen molar-refractivity contribution in [3.8, 4) is 6.07 Å². The highest BCUT2D eigenvalue weighted by atomic mass is 19.1. The fourth-order valence-corrected chi connectivity index (χ4v) is 2.31. The second-order valence-electron chi connectivity index (χ2n) is 5.44. The van der Waals surface area contributed by atoms with Crippen LogP contribution in [0.3, 0.4) is 0 Å². The topological polar surface area (TPSA) is 56.1 Å². The molecule has 2 rings (SSSR count). The molecule has 0 aromatic heterocycles. The molecular weight excluding hydrogens is 293 g/mol. The number of hydrogen-bond donors (Lipinski definition) is 1. The molecule has 0 spiro atoms. The van der Waals surface area contributed by atoms with Crippen molar-refractivity contribution in [2.75, 3.05) is 14.1 Å². The molecule has 0 bridgehead atoms. The van der Waals surface area contributed by atoms with E-state index in [2.05, 4.69) is 11.4 Å². The highest BCUT2D eigenvalue weighted by molar-refractivity contribution is 5.83. The monoisotopic (exact) mass is 311 g/mol. The third kappa shape index (κ3) is 4.38. The van der Waals surface area contributed by atoms with Gasteiger partial charge in [-0.15, -0.1) is 0 Å². The Morgan fingerprint density at radius 3 is 2.30 bits per heavy atom. The van der Waals surface area contributed by atoms with Gasteiger partial charge in [0.25, 0.3) is 0 Å². The molecule has 0 radical (unpaired) electrons. The van der Waals surface area contributed by atoms with Gasteiger partial charge >= 0.3 is 0 Å². The van der Waals surface area contributed by atoms with E-state index >= 15 is 0 Å². The van der Waals surface area contributed by atoms with Crippen LogP contribution >= 0.6 is 0 Å². The molecule has 5 heteroatoms. The first-order chi connectivity index (χ1) is 11.0. The zero-order valence-electron chi connectivity index (χ0n) is 13.1. The largest absolute Gasteiger partial charge is 0.350 e. The maximum Gasteiger partial charge on any atom is 0.242 e. The van der Waals surface area contributed by atoms with E-state index < -0.39 is 6.04 Å². The number of nitrogens with zero attached hydrogens (tertiary/aromatic N) is 2. The molecule has 0 aliphatic rings. The molecule has 2 aromatic rings. The van der Waals surface area contributed by atoms with E-state index in [1.165, 1.54) is 12.1 Å². The van der Waals surface area contributed by atoms with Gasteiger partial charge in [-0.2, -0.15) is 5.26 Å². The first-order valence-electron chi connectivity index (χ1n) is 7.20. The summed E-state index contributed by atoms with van der Waals surface area (Å²) in [6, 6.07) is 14.5. The van der Waals surface area contributed by atoms with Crippen LogP contribution in [0.1, 0.15) is 22.7 Å². The summed E-state index contributed by atoms with van der Waals surface area (Å²) >= 11 is 0. The molecule has 1 atom stereocenters. The van der Waals surface area contributed by atoms with Gasteiger partial charge < -0.3 is 5.32 Å². The summed E-state index contributed by atoms with van der Waals surface area (Å²) in [5, 5.41) is 11.6. The summed E-state index contributed by atoms with van der Waals surface area (Å²) in [6.07, 6.45) is 0. The van der Waals surface area contributed by atoms with E-state index in [1.807, 2.05) is 0 Å². The SMILES string of the molecule is CN(C)[C@H](C(=O)NCc1ccc(C#N)cc1)c1ccc(F)cc1. The summed E-state index contributed by atoms with van der Waals surface area (Å²) < 4.78 is 13.0. The van der Waals surface area contributed by atoms with Gasteiger partial charge in [0.1, 0.15) is 11.9 Å². The van der Waals surface area contributed by atoms with Gasteiger partial charge in [0.05, 0.1) is 11.6 Å². The fourth-order valence-electron chi connectivity index (χ4n) is 2.31. The van der Waals surface area contributed by atoms with E-state index in [9.17, 15) is 9.18 Å². The zero-order chi connectivity index (χ0) is 16.8. The summed E-state index contributed by atoms with van der Waals surface area (Å²) in [5.74, 6) is -0.491. The Bertz CT molecular complexity index is 703. The maximum atomic E-state index is 13.0. The standard InChI is InChI=1S/C18H18FN3O/c1-22(2)17(15-7-9-16(19)10-8-15)18(23)21-12-14-5-3-13(11-20)4-6-14/h3-10,17H,12H2,1-2H3,(H,21,23)/t17-/m0/s1. The fraction of sp³-hybridized carbons (Fsp3) is 0.222. The van der Waals surface area contributed by atoms with Crippen LogP contribution in [0.15, 0.2) is 48.5 Å². The third-order valence-electron chi connectivity index (χ3n) is 3.50. The Morgan fingerprint density at radius 2 is 1.78 bits per heavy atom. The smallest absolute Gasteiger partial charge is 0.242 e. The lowest BCUT2D eigenvalue weighted by molar-refractivity contribution is -0.125. The average Bonchev–Trinajstić information content (AvgIpc) is 2.55. The lowest BCUT2D eigenvalue weighted by Crippen LogP contribution is -2.36. The molecule has 0 saturated carbocycles. The van der Waals surface area contributed by atoms with E-state index in [0.29, 0.717) is 12.1 Å². The molecule has 118 valence electrons. The summed E-state index contributed by atoms with van der Waals surface area (Å²) in [7, 11) is 3.60. The number of likely N-dealkylation sites (N-methyl/N-ethyl adjacent to an activating group) is 1. The second-order valence-corrected chi connectivity index (χ2v) is 5.44. The summed E-state index contributed by atoms with van der Waals surface area (Å²) in [5.41, 5.74) is 2.22. The Kier molecular flexibility index (Phi) is 5.45. The van der Waals surface area contributed by atoms with Crippen molar-refractivity contribution >= 4 is 5.91 Å². The van der Waals surface area contributed by atoms with Crippen molar-refractivity contribution in [2.45, 2.75) is 12.6 Å². The molecule has 0 heterocycles. The molecule has 0 unspecified atom stereocenters. The number of rotatable bonds is 5. The molecule has 0 fully saturated rings. The Hall–Kier alpha value is -2.71. The summed E-state index contributed by atoms with van der Waals surface area (Å²) in [6.45, 7) is 0.371. The molecule has 0 aliphatic heterocycles. The molecule has 1 amide bonds. The van der Waals surface area contributed by atoms with Crippen LogP contribution in [0.5, 0.6) is 0 Å². The number of halogens is 1. The highest BCUT2D eigenvalue weighted by Crippen LogP contribution is 2.19. The first-order valence-corrected chi connectivity index (χ1v) is 7.20. The van der Waals surface area contributed by atoms with Gasteiger partial charge in [-0.3, -0.25) is 9.69 Å². The van der Waals surface area contributed by atoms with Crippen LogP contribution in [0.4, 0.5) is 4.39 Å². The summed E-state index contributed by atoms with van der Waals surface area (Å²) in [4.78, 5) is 14.2. The van der Waals surface area contributed by atoms with Gasteiger partial charge in [-0.05, 0) is 49.5 Å². The van der Waals surface area contributed by atoms with Crippen molar-refractivity contribution in [1.82, 2.24) is 10.2 Å². The highest BCUT2D eigenvalue weighted by Gasteiger charge is 2.22. The molecule has 0 saturated heterocycles. The molecule has 1 N–H and O–H groups in total. The number of benzene rings is 2. The number of carbonyl (C=O) groups is 1. The van der Waals surface area contributed by atoms with Crippen LogP contribution < -0.4 is 5.32 Å². The Morgan fingerprint density at radius 1 is 1.17 bits per heavy atom. The van der Waals surface area contributed by atoms with Crippen molar-refractivity contribution in [1.29, 1.82) is 5.26 Å². The number of amides is 1. The number of nitrogens with one attached hydrogen (secondary N) is 1. The van der Waals surface area contributed by atoms with Gasteiger partial charge in [0.15, 0.2) is 0 Å². The van der Waals surface area contributed by atoms with E-state index in [-0.39, 0.29) is 11.7 Å². The van der Waals surface area contributed by atoms with Gasteiger partial charge in [-0.1, -0.05) is 24.3 Å². The molecular formula is C18H18FN3O. The van der Waals surface area contributed by atoms with Crippen LogP contribution in [0.2, 0.25) is 0 Å². The van der Waals surface area contributed by atoms with Crippen molar-refractivity contribution in [2.24, 2.45) is 0 Å². The Labute approximate surface area is 135 Å². The quantitative estimate of drug-likeness (QED) is 0.923. The van der Waals surface area contributed by atoms with Crippen LogP contribution in [-0.4, -0.2) is 24.9 Å². The predicted octanol–water partition coefficient (Wildman–Crippen LogP) is 2.62. The number of hydrogen-bond acceptors (Lipinski definition) is 3. The normalized spacial score (nSPS) is 11.8. The van der Waals surface area contributed by atoms with Crippen LogP contribution in [0, 0.1) is 17.1 Å². The van der Waals surface area contributed by atoms with Crippen molar-refractivity contribution in [3.63, 3.8) is 0 Å². The lowest BCUT2D eigenvalue weighted by atomic mass is 10.0. The van der Waals surface area contributed by atoms with Gasteiger partial charge in [0.2, 0.25) is 5.91 Å². The van der Waals surface area contributed by atoms with E-state index in [4.69, 9.17) is 5.26 Å². The molecule has 2 aromatic carbocycles. The first kappa shape index (κ1) is 16.7. The minimum Gasteiger partial charge on any atom is -0.350 e. The minimum atomic E-state index is -0.492. The van der Waals surface area contributed by atoms with Gasteiger partial charge in [-0.25, -0.2) is 4.39 Å². The zero-order valence-corrected chi connectivity index (χ0v) is 13.1. The van der Waals surface area contributed by atoms with E-state index in [1.54, 1.807) is 55.4 Å². The minimum absolute atomic E-state index is 0.161. The molecule has 4 nitrogen and oxygen atoms in total. The van der Waals surface area contributed by atoms with Gasteiger partial charge in [0, 0.05) is 6.54 Å².